The Hall–Kier alpha value is -1.79. The number of piperazine rings is 1. The van der Waals surface area contributed by atoms with Gasteiger partial charge in [-0.25, -0.2) is 0 Å². The number of rotatable bonds is 4. The third kappa shape index (κ3) is 4.35. The zero-order valence-electron chi connectivity index (χ0n) is 12.7. The normalized spacial score (nSPS) is 14.3. The van der Waals surface area contributed by atoms with Gasteiger partial charge in [-0.2, -0.15) is 0 Å². The van der Waals surface area contributed by atoms with Crippen LogP contribution in [0.4, 0.5) is 0 Å². The fourth-order valence-corrected chi connectivity index (χ4v) is 2.36. The van der Waals surface area contributed by atoms with Gasteiger partial charge in [0.15, 0.2) is 0 Å². The minimum absolute atomic E-state index is 0. The molecule has 1 heterocycles. The summed E-state index contributed by atoms with van der Waals surface area (Å²) in [4.78, 5) is 27.6. The van der Waals surface area contributed by atoms with E-state index in [2.05, 4.69) is 0 Å². The number of ether oxygens (including phenoxy) is 1. The molecule has 0 radical (unpaired) electrons. The third-order valence-electron chi connectivity index (χ3n) is 3.61. The topological polar surface area (TPSA) is 75.9 Å². The van der Waals surface area contributed by atoms with Gasteiger partial charge in [-0.15, -0.1) is 12.4 Å². The Morgan fingerprint density at radius 1 is 1.09 bits per heavy atom. The van der Waals surface area contributed by atoms with E-state index < -0.39 is 0 Å². The van der Waals surface area contributed by atoms with Gasteiger partial charge in [-0.05, 0) is 24.3 Å². The molecule has 0 atom stereocenters. The molecule has 1 aliphatic rings. The fourth-order valence-electron chi connectivity index (χ4n) is 2.36. The summed E-state index contributed by atoms with van der Waals surface area (Å²) in [6, 6.07) is 7.06. The highest BCUT2D eigenvalue weighted by Gasteiger charge is 2.24. The molecule has 0 saturated carbocycles. The van der Waals surface area contributed by atoms with Crippen LogP contribution < -0.4 is 10.5 Å². The van der Waals surface area contributed by atoms with Gasteiger partial charge in [0.2, 0.25) is 5.91 Å². The van der Waals surface area contributed by atoms with Gasteiger partial charge in [0.05, 0.1) is 7.11 Å². The summed E-state index contributed by atoms with van der Waals surface area (Å²) in [6.07, 6.45) is 0.367. The van der Waals surface area contributed by atoms with Crippen molar-refractivity contribution >= 4 is 24.2 Å². The Morgan fingerprint density at radius 2 is 1.64 bits per heavy atom. The second-order valence-corrected chi connectivity index (χ2v) is 4.94. The number of carbonyl (C=O) groups is 2. The van der Waals surface area contributed by atoms with Crippen molar-refractivity contribution in [3.63, 3.8) is 0 Å². The van der Waals surface area contributed by atoms with Gasteiger partial charge in [0.1, 0.15) is 5.75 Å². The first-order valence-corrected chi connectivity index (χ1v) is 7.07. The monoisotopic (exact) mass is 327 g/mol. The van der Waals surface area contributed by atoms with Crippen molar-refractivity contribution in [3.05, 3.63) is 29.8 Å². The summed E-state index contributed by atoms with van der Waals surface area (Å²) in [6.45, 7) is 2.62. The molecule has 22 heavy (non-hydrogen) atoms. The first kappa shape index (κ1) is 18.3. The van der Waals surface area contributed by atoms with E-state index >= 15 is 0 Å². The summed E-state index contributed by atoms with van der Waals surface area (Å²) in [5, 5.41) is 0. The molecule has 0 bridgehead atoms. The Morgan fingerprint density at radius 3 is 2.14 bits per heavy atom. The van der Waals surface area contributed by atoms with Crippen LogP contribution in [0.3, 0.4) is 0 Å². The molecule has 0 aromatic heterocycles. The van der Waals surface area contributed by atoms with Crippen LogP contribution in [0.25, 0.3) is 0 Å². The van der Waals surface area contributed by atoms with E-state index in [1.54, 1.807) is 41.2 Å². The zero-order valence-corrected chi connectivity index (χ0v) is 13.5. The zero-order chi connectivity index (χ0) is 15.2. The van der Waals surface area contributed by atoms with Crippen molar-refractivity contribution in [3.8, 4) is 5.75 Å². The van der Waals surface area contributed by atoms with Crippen LogP contribution in [-0.4, -0.2) is 61.4 Å². The molecule has 7 heteroatoms. The molecule has 1 aromatic carbocycles. The second-order valence-electron chi connectivity index (χ2n) is 4.94. The molecule has 1 fully saturated rings. The van der Waals surface area contributed by atoms with E-state index in [1.807, 2.05) is 0 Å². The number of methoxy groups -OCH3 is 1. The number of nitrogens with zero attached hydrogens (tertiary/aromatic N) is 2. The number of hydrogen-bond acceptors (Lipinski definition) is 4. The Balaban J connectivity index is 0.00000242. The van der Waals surface area contributed by atoms with E-state index in [-0.39, 0.29) is 24.2 Å². The number of carbonyl (C=O) groups excluding carboxylic acids is 2. The van der Waals surface area contributed by atoms with E-state index in [1.165, 1.54) is 0 Å². The molecule has 1 aromatic rings. The average Bonchev–Trinajstić information content (AvgIpc) is 2.54. The maximum atomic E-state index is 12.4. The van der Waals surface area contributed by atoms with Gasteiger partial charge in [-0.1, -0.05) is 0 Å². The standard InChI is InChI=1S/C15H21N3O3.ClH/c1-21-13-4-2-12(3-5-13)15(20)18-10-8-17(9-11-18)14(19)6-7-16;/h2-5H,6-11,16H2,1H3;1H. The molecule has 0 aliphatic carbocycles. The minimum Gasteiger partial charge on any atom is -0.497 e. The van der Waals surface area contributed by atoms with Crippen molar-refractivity contribution in [2.24, 2.45) is 5.73 Å². The van der Waals surface area contributed by atoms with Crippen molar-refractivity contribution < 1.29 is 14.3 Å². The maximum absolute atomic E-state index is 12.4. The highest BCUT2D eigenvalue weighted by Crippen LogP contribution is 2.14. The van der Waals surface area contributed by atoms with Crippen LogP contribution in [0.15, 0.2) is 24.3 Å². The fraction of sp³-hybridized carbons (Fsp3) is 0.467. The first-order valence-electron chi connectivity index (χ1n) is 7.07. The number of nitrogens with two attached hydrogens (primary N) is 1. The molecule has 1 aliphatic heterocycles. The lowest BCUT2D eigenvalue weighted by atomic mass is 10.1. The smallest absolute Gasteiger partial charge is 0.253 e. The van der Waals surface area contributed by atoms with Gasteiger partial charge in [-0.3, -0.25) is 9.59 Å². The maximum Gasteiger partial charge on any atom is 0.253 e. The molecular formula is C15H22ClN3O3. The minimum atomic E-state index is -0.0106. The number of hydrogen-bond donors (Lipinski definition) is 1. The average molecular weight is 328 g/mol. The summed E-state index contributed by atoms with van der Waals surface area (Å²) < 4.78 is 5.08. The van der Waals surface area contributed by atoms with E-state index in [0.29, 0.717) is 44.7 Å². The predicted molar refractivity (Wildman–Crippen MR) is 86.4 cm³/mol. The molecule has 6 nitrogen and oxygen atoms in total. The van der Waals surface area contributed by atoms with Crippen molar-refractivity contribution in [2.75, 3.05) is 39.8 Å². The van der Waals surface area contributed by atoms with Crippen molar-refractivity contribution in [1.29, 1.82) is 0 Å². The van der Waals surface area contributed by atoms with E-state index in [9.17, 15) is 9.59 Å². The van der Waals surface area contributed by atoms with Crippen LogP contribution in [0.2, 0.25) is 0 Å². The Bertz CT molecular complexity index is 499. The molecule has 2 rings (SSSR count). The molecule has 2 N–H and O–H groups in total. The Kier molecular flexibility index (Phi) is 7.14. The highest BCUT2D eigenvalue weighted by atomic mass is 35.5. The molecular weight excluding hydrogens is 306 g/mol. The largest absolute Gasteiger partial charge is 0.497 e. The summed E-state index contributed by atoms with van der Waals surface area (Å²) in [7, 11) is 1.59. The molecule has 122 valence electrons. The number of benzene rings is 1. The lowest BCUT2D eigenvalue weighted by molar-refractivity contribution is -0.132. The molecule has 0 spiro atoms. The molecule has 1 saturated heterocycles. The van der Waals surface area contributed by atoms with E-state index in [4.69, 9.17) is 10.5 Å². The Labute approximate surface area is 136 Å². The number of amides is 2. The van der Waals surface area contributed by atoms with Crippen LogP contribution in [0, 0.1) is 0 Å². The quantitative estimate of drug-likeness (QED) is 0.885. The predicted octanol–water partition coefficient (Wildman–Crippen LogP) is 0.750. The summed E-state index contributed by atoms with van der Waals surface area (Å²) in [5.41, 5.74) is 6.03. The molecule has 0 unspecified atom stereocenters. The van der Waals surface area contributed by atoms with Crippen LogP contribution in [0.5, 0.6) is 5.75 Å². The van der Waals surface area contributed by atoms with Gasteiger partial charge < -0.3 is 20.3 Å². The van der Waals surface area contributed by atoms with Crippen molar-refractivity contribution in [2.45, 2.75) is 6.42 Å². The van der Waals surface area contributed by atoms with Crippen LogP contribution in [0.1, 0.15) is 16.8 Å². The number of halogens is 1. The van der Waals surface area contributed by atoms with Crippen LogP contribution in [-0.2, 0) is 4.79 Å². The summed E-state index contributed by atoms with van der Waals surface area (Å²) in [5.74, 6) is 0.779. The van der Waals surface area contributed by atoms with Gasteiger partial charge >= 0.3 is 0 Å². The lowest BCUT2D eigenvalue weighted by Gasteiger charge is -2.34. The third-order valence-corrected chi connectivity index (χ3v) is 3.61. The SMILES string of the molecule is COc1ccc(C(=O)N2CCN(C(=O)CCN)CC2)cc1.Cl. The van der Waals surface area contributed by atoms with Crippen LogP contribution >= 0.6 is 12.4 Å². The second kappa shape index (κ2) is 8.60. The lowest BCUT2D eigenvalue weighted by Crippen LogP contribution is -2.50. The molecule has 2 amide bonds. The van der Waals surface area contributed by atoms with Gasteiger partial charge in [0.25, 0.3) is 5.91 Å². The summed E-state index contributed by atoms with van der Waals surface area (Å²) >= 11 is 0. The van der Waals surface area contributed by atoms with Gasteiger partial charge in [0, 0.05) is 44.7 Å². The highest BCUT2D eigenvalue weighted by molar-refractivity contribution is 5.94. The first-order chi connectivity index (χ1) is 10.2. The van der Waals surface area contributed by atoms with E-state index in [0.717, 1.165) is 5.75 Å². The van der Waals surface area contributed by atoms with Crippen molar-refractivity contribution in [1.82, 2.24) is 9.80 Å².